The van der Waals surface area contributed by atoms with Crippen LogP contribution in [0, 0.1) is 6.92 Å². The van der Waals surface area contributed by atoms with Crippen molar-refractivity contribution in [3.8, 4) is 0 Å². The molecule has 2 rings (SSSR count). The number of nitrogens with zero attached hydrogens (tertiary/aromatic N) is 1. The van der Waals surface area contributed by atoms with Gasteiger partial charge in [0.15, 0.2) is 5.78 Å². The molecule has 2 aromatic carbocycles. The second-order valence-corrected chi connectivity index (χ2v) is 6.60. The molecule has 122 valence electrons. The third kappa shape index (κ3) is 5.04. The first-order valence-electron chi connectivity index (χ1n) is 8.32. The lowest BCUT2D eigenvalue weighted by molar-refractivity contribution is 0.0966. The van der Waals surface area contributed by atoms with Crippen molar-refractivity contribution < 1.29 is 4.79 Å². The average Bonchev–Trinajstić information content (AvgIpc) is 2.54. The first-order valence-corrected chi connectivity index (χ1v) is 8.32. The van der Waals surface area contributed by atoms with E-state index in [1.807, 2.05) is 31.2 Å². The number of hydrogen-bond acceptors (Lipinski definition) is 2. The van der Waals surface area contributed by atoms with Gasteiger partial charge in [0.05, 0.1) is 0 Å². The molecule has 0 saturated heterocycles. The largest absolute Gasteiger partial charge is 0.309 e. The van der Waals surface area contributed by atoms with Crippen LogP contribution in [0.15, 0.2) is 48.5 Å². The fourth-order valence-electron chi connectivity index (χ4n) is 2.69. The van der Waals surface area contributed by atoms with Gasteiger partial charge < -0.3 is 4.90 Å². The van der Waals surface area contributed by atoms with Crippen molar-refractivity contribution in [2.75, 3.05) is 20.6 Å². The van der Waals surface area contributed by atoms with Gasteiger partial charge in [-0.1, -0.05) is 61.0 Å². The van der Waals surface area contributed by atoms with Crippen molar-refractivity contribution in [1.82, 2.24) is 4.90 Å². The van der Waals surface area contributed by atoms with Crippen molar-refractivity contribution in [2.24, 2.45) is 0 Å². The summed E-state index contributed by atoms with van der Waals surface area (Å²) in [4.78, 5) is 14.8. The number of hydrogen-bond donors (Lipinski definition) is 0. The van der Waals surface area contributed by atoms with E-state index >= 15 is 0 Å². The summed E-state index contributed by atoms with van der Waals surface area (Å²) in [6.07, 6.45) is 2.19. The molecule has 2 heteroatoms. The quantitative estimate of drug-likeness (QED) is 0.703. The smallest absolute Gasteiger partial charge is 0.170 e. The minimum Gasteiger partial charge on any atom is -0.309 e. The highest BCUT2D eigenvalue weighted by Gasteiger charge is 2.16. The molecule has 0 fully saturated rings. The van der Waals surface area contributed by atoms with Gasteiger partial charge in [0.1, 0.15) is 0 Å². The minimum atomic E-state index is -0.102. The summed E-state index contributed by atoms with van der Waals surface area (Å²) >= 11 is 0. The van der Waals surface area contributed by atoms with Crippen LogP contribution < -0.4 is 0 Å². The van der Waals surface area contributed by atoms with Crippen molar-refractivity contribution >= 4 is 5.78 Å². The summed E-state index contributed by atoms with van der Waals surface area (Å²) in [5, 5.41) is 0. The van der Waals surface area contributed by atoms with E-state index < -0.39 is 0 Å². The number of carbonyl (C=O) groups is 1. The van der Waals surface area contributed by atoms with Crippen LogP contribution in [-0.2, 0) is 6.42 Å². The fourth-order valence-corrected chi connectivity index (χ4v) is 2.69. The van der Waals surface area contributed by atoms with E-state index in [1.165, 1.54) is 11.1 Å². The van der Waals surface area contributed by atoms with E-state index in [0.717, 1.165) is 30.5 Å². The zero-order valence-corrected chi connectivity index (χ0v) is 14.7. The van der Waals surface area contributed by atoms with Crippen LogP contribution in [0.5, 0.6) is 0 Å². The molecule has 1 unspecified atom stereocenters. The molecular formula is C21H27NO. The van der Waals surface area contributed by atoms with Crippen molar-refractivity contribution in [3.05, 3.63) is 70.8 Å². The van der Waals surface area contributed by atoms with E-state index in [2.05, 4.69) is 50.2 Å². The third-order valence-electron chi connectivity index (χ3n) is 4.28. The van der Waals surface area contributed by atoms with Gasteiger partial charge in [-0.2, -0.15) is 0 Å². The molecule has 0 radical (unpaired) electrons. The van der Waals surface area contributed by atoms with Gasteiger partial charge in [-0.05, 0) is 51.5 Å². The highest BCUT2D eigenvalue weighted by atomic mass is 16.1. The molecule has 2 aromatic rings. The molecule has 0 spiro atoms. The number of rotatable bonds is 7. The lowest BCUT2D eigenvalue weighted by atomic mass is 9.91. The second kappa shape index (κ2) is 8.07. The maximum Gasteiger partial charge on any atom is 0.170 e. The summed E-state index contributed by atoms with van der Waals surface area (Å²) in [5.41, 5.74) is 4.40. The van der Waals surface area contributed by atoms with Gasteiger partial charge in [-0.25, -0.2) is 0 Å². The Labute approximate surface area is 140 Å². The zero-order chi connectivity index (χ0) is 16.8. The number of Topliss-reactive ketones (excluding diaryl/α,β-unsaturated/α-hetero) is 1. The van der Waals surface area contributed by atoms with Gasteiger partial charge >= 0.3 is 0 Å². The minimum absolute atomic E-state index is 0.102. The van der Waals surface area contributed by atoms with Crippen LogP contribution in [0.4, 0.5) is 0 Å². The number of aryl methyl sites for hydroxylation is 2. The normalized spacial score (nSPS) is 12.4. The average molecular weight is 309 g/mol. The predicted octanol–water partition coefficient (Wildman–Crippen LogP) is 4.48. The van der Waals surface area contributed by atoms with Crippen molar-refractivity contribution in [1.29, 1.82) is 0 Å². The lowest BCUT2D eigenvalue weighted by Crippen LogP contribution is -2.13. The SMILES string of the molecule is Cc1ccc(C(C)C(=O)c2ccc(CCCN(C)C)cc2)cc1. The summed E-state index contributed by atoms with van der Waals surface area (Å²) in [6.45, 7) is 5.13. The van der Waals surface area contributed by atoms with E-state index in [-0.39, 0.29) is 11.7 Å². The van der Waals surface area contributed by atoms with Crippen LogP contribution in [0.25, 0.3) is 0 Å². The molecule has 0 saturated carbocycles. The first kappa shape index (κ1) is 17.4. The number of benzene rings is 2. The van der Waals surface area contributed by atoms with Gasteiger partial charge in [0.2, 0.25) is 0 Å². The Hall–Kier alpha value is -1.93. The highest BCUT2D eigenvalue weighted by molar-refractivity contribution is 6.00. The predicted molar refractivity (Wildman–Crippen MR) is 97.2 cm³/mol. The third-order valence-corrected chi connectivity index (χ3v) is 4.28. The molecule has 0 aliphatic rings. The Morgan fingerprint density at radius 1 is 1.00 bits per heavy atom. The monoisotopic (exact) mass is 309 g/mol. The standard InChI is InChI=1S/C21H27NO/c1-16-7-11-19(12-8-16)17(2)21(23)20-13-9-18(10-14-20)6-5-15-22(3)4/h7-14,17H,5-6,15H2,1-4H3. The van der Waals surface area contributed by atoms with Crippen molar-refractivity contribution in [3.63, 3.8) is 0 Å². The summed E-state index contributed by atoms with van der Waals surface area (Å²) < 4.78 is 0. The maximum atomic E-state index is 12.6. The number of carbonyl (C=O) groups excluding carboxylic acids is 1. The second-order valence-electron chi connectivity index (χ2n) is 6.60. The fraction of sp³-hybridized carbons (Fsp3) is 0.381. The van der Waals surface area contributed by atoms with Crippen LogP contribution >= 0.6 is 0 Å². The maximum absolute atomic E-state index is 12.6. The van der Waals surface area contributed by atoms with Gasteiger partial charge in [-0.3, -0.25) is 4.79 Å². The van der Waals surface area contributed by atoms with Gasteiger partial charge in [0, 0.05) is 11.5 Å². The Morgan fingerprint density at radius 2 is 1.61 bits per heavy atom. The first-order chi connectivity index (χ1) is 11.0. The van der Waals surface area contributed by atoms with Crippen LogP contribution in [-0.4, -0.2) is 31.3 Å². The molecule has 0 aromatic heterocycles. The Kier molecular flexibility index (Phi) is 6.12. The van der Waals surface area contributed by atoms with Crippen LogP contribution in [0.3, 0.4) is 0 Å². The van der Waals surface area contributed by atoms with Crippen molar-refractivity contribution in [2.45, 2.75) is 32.6 Å². The number of ketones is 1. The summed E-state index contributed by atoms with van der Waals surface area (Å²) in [7, 11) is 4.18. The zero-order valence-electron chi connectivity index (χ0n) is 14.7. The Morgan fingerprint density at radius 3 is 2.17 bits per heavy atom. The summed E-state index contributed by atoms with van der Waals surface area (Å²) in [5.74, 6) is 0.0869. The topological polar surface area (TPSA) is 20.3 Å². The molecule has 0 aliphatic heterocycles. The molecule has 23 heavy (non-hydrogen) atoms. The van der Waals surface area contributed by atoms with E-state index in [1.54, 1.807) is 0 Å². The summed E-state index contributed by atoms with van der Waals surface area (Å²) in [6, 6.07) is 16.3. The molecule has 0 amide bonds. The Bertz CT molecular complexity index is 626. The van der Waals surface area contributed by atoms with Crippen LogP contribution in [0.2, 0.25) is 0 Å². The van der Waals surface area contributed by atoms with Gasteiger partial charge in [-0.15, -0.1) is 0 Å². The van der Waals surface area contributed by atoms with E-state index in [4.69, 9.17) is 0 Å². The molecule has 0 heterocycles. The molecule has 0 aliphatic carbocycles. The highest BCUT2D eigenvalue weighted by Crippen LogP contribution is 2.21. The van der Waals surface area contributed by atoms with E-state index in [0.29, 0.717) is 0 Å². The van der Waals surface area contributed by atoms with Crippen LogP contribution in [0.1, 0.15) is 46.3 Å². The molecule has 0 N–H and O–H groups in total. The molecule has 1 atom stereocenters. The molecule has 0 bridgehead atoms. The Balaban J connectivity index is 2.00. The lowest BCUT2D eigenvalue weighted by Gasteiger charge is -2.12. The van der Waals surface area contributed by atoms with E-state index in [9.17, 15) is 4.79 Å². The molecular weight excluding hydrogens is 282 g/mol. The van der Waals surface area contributed by atoms with Gasteiger partial charge in [0.25, 0.3) is 0 Å². The molecule has 2 nitrogen and oxygen atoms in total.